The maximum Gasteiger partial charge on any atom is 0.338 e. The summed E-state index contributed by atoms with van der Waals surface area (Å²) in [7, 11) is 0. The SMILES string of the molecule is NC(=O)CCC1(c2ccccc2)CCc2c(sc(N)c2C(=O)O)C1=O. The number of rotatable bonds is 5. The van der Waals surface area contributed by atoms with Crippen LogP contribution in [0.5, 0.6) is 0 Å². The van der Waals surface area contributed by atoms with Crippen molar-refractivity contribution in [3.8, 4) is 0 Å². The van der Waals surface area contributed by atoms with Crippen LogP contribution in [0.3, 0.4) is 0 Å². The fourth-order valence-corrected chi connectivity index (χ4v) is 4.71. The molecule has 3 rings (SSSR count). The third-order valence-electron chi connectivity index (χ3n) is 4.82. The lowest BCUT2D eigenvalue weighted by atomic mass is 9.66. The van der Waals surface area contributed by atoms with Gasteiger partial charge in [-0.25, -0.2) is 4.79 Å². The van der Waals surface area contributed by atoms with Crippen molar-refractivity contribution in [1.29, 1.82) is 0 Å². The minimum absolute atomic E-state index is 0.0323. The second-order valence-electron chi connectivity index (χ2n) is 6.20. The first-order valence-electron chi connectivity index (χ1n) is 7.90. The molecule has 1 aromatic carbocycles. The number of primary amides is 1. The highest BCUT2D eigenvalue weighted by molar-refractivity contribution is 7.18. The van der Waals surface area contributed by atoms with E-state index in [2.05, 4.69) is 0 Å². The third-order valence-corrected chi connectivity index (χ3v) is 5.88. The summed E-state index contributed by atoms with van der Waals surface area (Å²) in [5.74, 6) is -1.76. The van der Waals surface area contributed by atoms with Gasteiger partial charge in [-0.05, 0) is 30.4 Å². The van der Waals surface area contributed by atoms with Gasteiger partial charge in [0, 0.05) is 6.42 Å². The second kappa shape index (κ2) is 6.33. The molecule has 0 saturated carbocycles. The van der Waals surface area contributed by atoms with E-state index in [1.165, 1.54) is 0 Å². The van der Waals surface area contributed by atoms with Gasteiger partial charge in [0.05, 0.1) is 15.9 Å². The van der Waals surface area contributed by atoms with Crippen LogP contribution in [-0.4, -0.2) is 22.8 Å². The molecular formula is C18H18N2O4S. The van der Waals surface area contributed by atoms with Crippen molar-refractivity contribution >= 4 is 34.0 Å². The summed E-state index contributed by atoms with van der Waals surface area (Å²) in [6, 6.07) is 9.26. The average molecular weight is 358 g/mol. The lowest BCUT2D eigenvalue weighted by molar-refractivity contribution is -0.118. The molecule has 5 N–H and O–H groups in total. The molecule has 2 aromatic rings. The Morgan fingerprint density at radius 1 is 1.24 bits per heavy atom. The maximum atomic E-state index is 13.3. The number of aromatic carboxylic acids is 1. The molecule has 1 aromatic heterocycles. The van der Waals surface area contributed by atoms with Gasteiger partial charge in [0.1, 0.15) is 5.00 Å². The van der Waals surface area contributed by atoms with Crippen LogP contribution >= 0.6 is 11.3 Å². The van der Waals surface area contributed by atoms with E-state index in [4.69, 9.17) is 11.5 Å². The Kier molecular flexibility index (Phi) is 4.34. The standard InChI is InChI=1S/C18H18N2O4S/c19-12(21)7-9-18(10-4-2-1-3-5-10)8-6-11-13(17(23)24)16(20)25-14(11)15(18)22/h1-5H,6-9,20H2,(H2,19,21)(H,23,24). The highest BCUT2D eigenvalue weighted by Gasteiger charge is 2.46. The number of nitrogens with two attached hydrogens (primary N) is 2. The number of nitrogen functional groups attached to an aromatic ring is 1. The van der Waals surface area contributed by atoms with Crippen LogP contribution in [0.4, 0.5) is 5.00 Å². The van der Waals surface area contributed by atoms with Gasteiger partial charge in [0.25, 0.3) is 0 Å². The molecule has 1 aliphatic carbocycles. The number of fused-ring (bicyclic) bond motifs is 1. The van der Waals surface area contributed by atoms with E-state index in [0.29, 0.717) is 29.7 Å². The lowest BCUT2D eigenvalue weighted by Crippen LogP contribution is -2.40. The van der Waals surface area contributed by atoms with E-state index in [0.717, 1.165) is 16.9 Å². The first-order valence-corrected chi connectivity index (χ1v) is 8.71. The lowest BCUT2D eigenvalue weighted by Gasteiger charge is -2.36. The molecule has 0 fully saturated rings. The number of benzene rings is 1. The highest BCUT2D eigenvalue weighted by atomic mass is 32.1. The number of carbonyl (C=O) groups is 3. The first kappa shape index (κ1) is 17.2. The molecule has 1 unspecified atom stereocenters. The minimum atomic E-state index is -1.12. The van der Waals surface area contributed by atoms with Crippen molar-refractivity contribution in [3.05, 3.63) is 51.9 Å². The fourth-order valence-electron chi connectivity index (χ4n) is 3.56. The zero-order valence-electron chi connectivity index (χ0n) is 13.5. The zero-order chi connectivity index (χ0) is 18.2. The Balaban J connectivity index is 2.12. The summed E-state index contributed by atoms with van der Waals surface area (Å²) in [6.07, 6.45) is 1.23. The van der Waals surface area contributed by atoms with Crippen LogP contribution in [0.25, 0.3) is 0 Å². The Morgan fingerprint density at radius 2 is 1.92 bits per heavy atom. The van der Waals surface area contributed by atoms with Crippen molar-refractivity contribution in [3.63, 3.8) is 0 Å². The van der Waals surface area contributed by atoms with Gasteiger partial charge in [-0.1, -0.05) is 30.3 Å². The molecule has 0 aliphatic heterocycles. The molecule has 0 spiro atoms. The van der Waals surface area contributed by atoms with Crippen molar-refractivity contribution in [1.82, 2.24) is 0 Å². The van der Waals surface area contributed by atoms with E-state index in [1.54, 1.807) is 0 Å². The maximum absolute atomic E-state index is 13.3. The quantitative estimate of drug-likeness (QED) is 0.757. The number of Topliss-reactive ketones (excluding diaryl/α,β-unsaturated/α-hetero) is 1. The summed E-state index contributed by atoms with van der Waals surface area (Å²) < 4.78 is 0. The van der Waals surface area contributed by atoms with Crippen LogP contribution < -0.4 is 11.5 Å². The van der Waals surface area contributed by atoms with Gasteiger partial charge in [-0.15, -0.1) is 11.3 Å². The topological polar surface area (TPSA) is 123 Å². The Morgan fingerprint density at radius 3 is 2.52 bits per heavy atom. The van der Waals surface area contributed by atoms with Crippen LogP contribution in [0.2, 0.25) is 0 Å². The molecule has 130 valence electrons. The molecule has 1 atom stereocenters. The van der Waals surface area contributed by atoms with Crippen molar-refractivity contribution in [2.24, 2.45) is 5.73 Å². The largest absolute Gasteiger partial charge is 0.478 e. The first-order chi connectivity index (χ1) is 11.9. The number of ketones is 1. The minimum Gasteiger partial charge on any atom is -0.478 e. The second-order valence-corrected chi connectivity index (χ2v) is 7.25. The third kappa shape index (κ3) is 2.80. The van der Waals surface area contributed by atoms with Gasteiger partial charge in [0.2, 0.25) is 5.91 Å². The summed E-state index contributed by atoms with van der Waals surface area (Å²) in [4.78, 5) is 36.5. The van der Waals surface area contributed by atoms with E-state index in [9.17, 15) is 19.5 Å². The summed E-state index contributed by atoms with van der Waals surface area (Å²) >= 11 is 1.02. The van der Waals surface area contributed by atoms with E-state index in [-0.39, 0.29) is 22.8 Å². The van der Waals surface area contributed by atoms with Crippen LogP contribution in [-0.2, 0) is 16.6 Å². The van der Waals surface area contributed by atoms with Gasteiger partial charge in [-0.2, -0.15) is 0 Å². The predicted octanol–water partition coefficient (Wildman–Crippen LogP) is 2.36. The molecule has 25 heavy (non-hydrogen) atoms. The number of amides is 1. The van der Waals surface area contributed by atoms with Crippen LogP contribution in [0, 0.1) is 0 Å². The average Bonchev–Trinajstić information content (AvgIpc) is 2.92. The summed E-state index contributed by atoms with van der Waals surface area (Å²) in [5.41, 5.74) is 11.6. The Bertz CT molecular complexity index is 859. The molecule has 0 bridgehead atoms. The summed E-state index contributed by atoms with van der Waals surface area (Å²) in [6.45, 7) is 0. The number of hydrogen-bond donors (Lipinski definition) is 3. The highest BCUT2D eigenvalue weighted by Crippen LogP contribution is 2.46. The molecular weight excluding hydrogens is 340 g/mol. The molecule has 1 amide bonds. The van der Waals surface area contributed by atoms with Gasteiger partial charge in [-0.3, -0.25) is 9.59 Å². The van der Waals surface area contributed by atoms with Crippen LogP contribution in [0.1, 0.15) is 50.4 Å². The van der Waals surface area contributed by atoms with Crippen LogP contribution in [0.15, 0.2) is 30.3 Å². The zero-order valence-corrected chi connectivity index (χ0v) is 14.3. The van der Waals surface area contributed by atoms with E-state index < -0.39 is 17.3 Å². The molecule has 0 saturated heterocycles. The number of carbonyl (C=O) groups excluding carboxylic acids is 2. The van der Waals surface area contributed by atoms with Gasteiger partial charge < -0.3 is 16.6 Å². The van der Waals surface area contributed by atoms with Gasteiger partial charge >= 0.3 is 5.97 Å². The van der Waals surface area contributed by atoms with Crippen molar-refractivity contribution in [2.75, 3.05) is 5.73 Å². The number of anilines is 1. The number of hydrogen-bond acceptors (Lipinski definition) is 5. The molecule has 7 heteroatoms. The molecule has 1 aliphatic rings. The van der Waals surface area contributed by atoms with Crippen molar-refractivity contribution in [2.45, 2.75) is 31.1 Å². The van der Waals surface area contributed by atoms with E-state index in [1.807, 2.05) is 30.3 Å². The number of carboxylic acid groups (broad SMARTS) is 1. The monoisotopic (exact) mass is 358 g/mol. The fraction of sp³-hybridized carbons (Fsp3) is 0.278. The summed E-state index contributed by atoms with van der Waals surface area (Å²) in [5, 5.41) is 9.52. The predicted molar refractivity (Wildman–Crippen MR) is 94.9 cm³/mol. The molecule has 6 nitrogen and oxygen atoms in total. The van der Waals surface area contributed by atoms with Gasteiger partial charge in [0.15, 0.2) is 5.78 Å². The Hall–Kier alpha value is -2.67. The number of thiophene rings is 1. The number of carboxylic acids is 1. The molecule has 1 heterocycles. The normalized spacial score (nSPS) is 19.4. The Labute approximate surface area is 148 Å². The van der Waals surface area contributed by atoms with Crippen molar-refractivity contribution < 1.29 is 19.5 Å². The smallest absolute Gasteiger partial charge is 0.338 e. The molecule has 0 radical (unpaired) electrons. The van der Waals surface area contributed by atoms with E-state index >= 15 is 0 Å².